The highest BCUT2D eigenvalue weighted by molar-refractivity contribution is 7.14. The summed E-state index contributed by atoms with van der Waals surface area (Å²) >= 11 is 7.17. The molecule has 3 aromatic rings. The lowest BCUT2D eigenvalue weighted by molar-refractivity contribution is -0.113. The minimum Gasteiger partial charge on any atom is -0.507 e. The first kappa shape index (κ1) is 27.3. The van der Waals surface area contributed by atoms with Crippen molar-refractivity contribution in [3.05, 3.63) is 96.1 Å². The van der Waals surface area contributed by atoms with Gasteiger partial charge in [0, 0.05) is 17.4 Å². The first-order valence-electron chi connectivity index (χ1n) is 10.6. The third-order valence-corrected chi connectivity index (χ3v) is 6.00. The highest BCUT2D eigenvalue weighted by Crippen LogP contribution is 2.34. The van der Waals surface area contributed by atoms with Crippen molar-refractivity contribution in [2.75, 3.05) is 0 Å². The number of aromatic nitrogens is 1. The van der Waals surface area contributed by atoms with Gasteiger partial charge in [-0.2, -0.15) is 4.98 Å². The molecule has 0 aliphatic heterocycles. The molecule has 0 bridgehead atoms. The van der Waals surface area contributed by atoms with Gasteiger partial charge in [-0.3, -0.25) is 9.59 Å². The number of benzene rings is 1. The topological polar surface area (TPSA) is 155 Å². The number of amides is 1. The predicted octanol–water partition coefficient (Wildman–Crippen LogP) is 6.39. The van der Waals surface area contributed by atoms with Gasteiger partial charge in [0.1, 0.15) is 28.6 Å². The maximum atomic E-state index is 13.1. The maximum Gasteiger partial charge on any atom is 0.351 e. The predicted molar refractivity (Wildman–Crippen MR) is 134 cm³/mol. The SMILES string of the molecule is C/C(=C\c1sc(Oc2ccc(F)cc2)nc1Cl)C(=O)c1c(O)cc(CCC/C=C/C(=O)N=[N+]=[N-])oc1=O. The molecule has 0 aliphatic rings. The summed E-state index contributed by atoms with van der Waals surface area (Å²) in [5, 5.41) is 13.4. The number of halogens is 2. The number of rotatable bonds is 10. The zero-order chi connectivity index (χ0) is 26.9. The van der Waals surface area contributed by atoms with Gasteiger partial charge in [0.05, 0.1) is 4.88 Å². The summed E-state index contributed by atoms with van der Waals surface area (Å²) in [6.45, 7) is 1.44. The minimum absolute atomic E-state index is 0.0519. The number of carbonyl (C=O) groups is 2. The molecule has 0 fully saturated rings. The summed E-state index contributed by atoms with van der Waals surface area (Å²) in [7, 11) is 0. The average Bonchev–Trinajstić information content (AvgIpc) is 3.18. The molecular formula is C24H18ClFN4O6S. The molecule has 13 heteroatoms. The van der Waals surface area contributed by atoms with Crippen molar-refractivity contribution in [2.24, 2.45) is 5.11 Å². The molecule has 0 saturated carbocycles. The number of hydrogen-bond acceptors (Lipinski definition) is 8. The highest BCUT2D eigenvalue weighted by Gasteiger charge is 2.21. The fraction of sp³-hybridized carbons (Fsp3) is 0.167. The number of allylic oxidation sites excluding steroid dienone is 2. The average molecular weight is 545 g/mol. The number of unbranched alkanes of at least 4 members (excludes halogenated alkanes) is 1. The first-order chi connectivity index (χ1) is 17.7. The van der Waals surface area contributed by atoms with Crippen molar-refractivity contribution in [2.45, 2.75) is 26.2 Å². The normalized spacial score (nSPS) is 11.4. The van der Waals surface area contributed by atoms with Gasteiger partial charge < -0.3 is 14.3 Å². The van der Waals surface area contributed by atoms with Crippen molar-refractivity contribution in [1.82, 2.24) is 4.98 Å². The minimum atomic E-state index is -1.00. The number of carbonyl (C=O) groups excluding carboxylic acids is 2. The van der Waals surface area contributed by atoms with E-state index in [0.29, 0.717) is 23.5 Å². The van der Waals surface area contributed by atoms with E-state index in [4.69, 9.17) is 26.3 Å². The maximum absolute atomic E-state index is 13.1. The van der Waals surface area contributed by atoms with E-state index in [0.717, 1.165) is 17.4 Å². The Bertz CT molecular complexity index is 1490. The summed E-state index contributed by atoms with van der Waals surface area (Å²) in [6, 6.07) is 6.48. The van der Waals surface area contributed by atoms with Gasteiger partial charge in [0.2, 0.25) is 5.91 Å². The van der Waals surface area contributed by atoms with Crippen LogP contribution in [0, 0.1) is 5.82 Å². The number of nitrogens with zero attached hydrogens (tertiary/aromatic N) is 4. The largest absolute Gasteiger partial charge is 0.507 e. The molecule has 3 rings (SSSR count). The Labute approximate surface area is 217 Å². The number of aromatic hydroxyl groups is 1. The molecule has 1 aromatic carbocycles. The lowest BCUT2D eigenvalue weighted by Gasteiger charge is -2.05. The van der Waals surface area contributed by atoms with Crippen LogP contribution in [0.1, 0.15) is 40.8 Å². The van der Waals surface area contributed by atoms with Crippen LogP contribution in [0.2, 0.25) is 5.15 Å². The number of azide groups is 1. The summed E-state index contributed by atoms with van der Waals surface area (Å²) < 4.78 is 23.8. The summed E-state index contributed by atoms with van der Waals surface area (Å²) in [5.41, 5.74) is 6.72. The molecule has 0 unspecified atom stereocenters. The molecule has 1 N–H and O–H groups in total. The van der Waals surface area contributed by atoms with Crippen LogP contribution in [0.3, 0.4) is 0 Å². The van der Waals surface area contributed by atoms with Crippen LogP contribution in [-0.4, -0.2) is 21.8 Å². The Kier molecular flexibility index (Phi) is 9.33. The summed E-state index contributed by atoms with van der Waals surface area (Å²) in [6.07, 6.45) is 5.15. The number of ketones is 1. The lowest BCUT2D eigenvalue weighted by atomic mass is 10.0. The van der Waals surface area contributed by atoms with Crippen LogP contribution in [0.4, 0.5) is 4.39 Å². The Hall–Kier alpha value is -4.25. The molecule has 2 aromatic heterocycles. The van der Waals surface area contributed by atoms with Crippen LogP contribution in [0.25, 0.3) is 16.5 Å². The zero-order valence-electron chi connectivity index (χ0n) is 19.2. The van der Waals surface area contributed by atoms with Gasteiger partial charge in [0.15, 0.2) is 10.9 Å². The number of Topliss-reactive ketones (excluding diaryl/α,β-unsaturated/α-hetero) is 1. The molecule has 0 atom stereocenters. The van der Waals surface area contributed by atoms with Crippen molar-refractivity contribution in [3.63, 3.8) is 0 Å². The molecule has 0 aliphatic carbocycles. The van der Waals surface area contributed by atoms with E-state index in [1.807, 2.05) is 0 Å². The second kappa shape index (κ2) is 12.6. The summed E-state index contributed by atoms with van der Waals surface area (Å²) in [5.74, 6) is -1.94. The van der Waals surface area contributed by atoms with Gasteiger partial charge in [0.25, 0.3) is 5.19 Å². The van der Waals surface area contributed by atoms with Crippen LogP contribution < -0.4 is 10.4 Å². The number of hydrogen-bond donors (Lipinski definition) is 1. The first-order valence-corrected chi connectivity index (χ1v) is 11.8. The standard InChI is InChI=1S/C24H18ClFN4O6S/c1-13(11-18-22(25)28-24(37-18)36-15-9-7-14(26)8-10-15)21(33)20-17(31)12-16(35-23(20)34)5-3-2-4-6-19(32)29-30-27/h4,6-12,31H,2-3,5H2,1H3/b6-4+,13-11+. The molecule has 37 heavy (non-hydrogen) atoms. The fourth-order valence-corrected chi connectivity index (χ4v) is 4.13. The van der Waals surface area contributed by atoms with E-state index in [1.165, 1.54) is 49.4 Å². The summed E-state index contributed by atoms with van der Waals surface area (Å²) in [4.78, 5) is 43.2. The van der Waals surface area contributed by atoms with E-state index in [9.17, 15) is 23.9 Å². The monoisotopic (exact) mass is 544 g/mol. The molecule has 0 spiro atoms. The van der Waals surface area contributed by atoms with E-state index >= 15 is 0 Å². The Morgan fingerprint density at radius 1 is 1.35 bits per heavy atom. The molecule has 1 amide bonds. The van der Waals surface area contributed by atoms with Gasteiger partial charge in [-0.05, 0) is 72.4 Å². The van der Waals surface area contributed by atoms with E-state index < -0.39 is 34.4 Å². The zero-order valence-corrected chi connectivity index (χ0v) is 20.8. The van der Waals surface area contributed by atoms with Crippen molar-refractivity contribution in [1.29, 1.82) is 0 Å². The van der Waals surface area contributed by atoms with E-state index in [1.54, 1.807) is 0 Å². The molecule has 190 valence electrons. The number of aryl methyl sites for hydroxylation is 1. The molecule has 0 saturated heterocycles. The van der Waals surface area contributed by atoms with E-state index in [-0.39, 0.29) is 28.1 Å². The van der Waals surface area contributed by atoms with Crippen molar-refractivity contribution < 1.29 is 28.2 Å². The van der Waals surface area contributed by atoms with Crippen molar-refractivity contribution in [3.8, 4) is 16.7 Å². The van der Waals surface area contributed by atoms with Gasteiger partial charge >= 0.3 is 5.63 Å². The number of ether oxygens (including phenoxy) is 1. The quantitative estimate of drug-likeness (QED) is 0.0773. The highest BCUT2D eigenvalue weighted by atomic mass is 35.5. The van der Waals surface area contributed by atoms with E-state index in [2.05, 4.69) is 15.0 Å². The van der Waals surface area contributed by atoms with Crippen LogP contribution in [-0.2, 0) is 11.2 Å². The van der Waals surface area contributed by atoms with Crippen LogP contribution >= 0.6 is 22.9 Å². The van der Waals surface area contributed by atoms with Crippen LogP contribution in [0.5, 0.6) is 16.7 Å². The second-order valence-corrected chi connectivity index (χ2v) is 8.78. The Morgan fingerprint density at radius 2 is 2.08 bits per heavy atom. The smallest absolute Gasteiger partial charge is 0.351 e. The molecule has 0 radical (unpaired) electrons. The van der Waals surface area contributed by atoms with Crippen molar-refractivity contribution >= 4 is 40.7 Å². The van der Waals surface area contributed by atoms with Gasteiger partial charge in [-0.15, -0.1) is 0 Å². The molecular weight excluding hydrogens is 527 g/mol. The van der Waals surface area contributed by atoms with Gasteiger partial charge in [-0.25, -0.2) is 9.18 Å². The fourth-order valence-electron chi connectivity index (χ4n) is 3.01. The molecule has 2 heterocycles. The van der Waals surface area contributed by atoms with Gasteiger partial charge in [-0.1, -0.05) is 29.0 Å². The molecule has 10 nitrogen and oxygen atoms in total. The second-order valence-electron chi connectivity index (χ2n) is 7.43. The lowest BCUT2D eigenvalue weighted by Crippen LogP contribution is -2.16. The third-order valence-electron chi connectivity index (χ3n) is 4.72. The number of thiazole rings is 1. The Morgan fingerprint density at radius 3 is 2.76 bits per heavy atom. The van der Waals surface area contributed by atoms with Crippen LogP contribution in [0.15, 0.2) is 62.4 Å². The Balaban J connectivity index is 1.70. The third kappa shape index (κ3) is 7.61.